The molecule has 0 amide bonds. The molecular weight excluding hydrogens is 200 g/mol. The minimum absolute atomic E-state index is 0.369. The SMILES string of the molecule is C#CCNC(C#N)c1ccc(OCC)cc1. The highest BCUT2D eigenvalue weighted by Crippen LogP contribution is 2.17. The first kappa shape index (κ1) is 12.1. The molecule has 0 spiro atoms. The Kier molecular flexibility index (Phi) is 4.92. The van der Waals surface area contributed by atoms with E-state index in [0.717, 1.165) is 11.3 Å². The Bertz CT molecular complexity index is 397. The van der Waals surface area contributed by atoms with Gasteiger partial charge in [0.1, 0.15) is 11.8 Å². The maximum absolute atomic E-state index is 8.97. The number of ether oxygens (including phenoxy) is 1. The van der Waals surface area contributed by atoms with Gasteiger partial charge in [-0.25, -0.2) is 0 Å². The first-order chi connectivity index (χ1) is 7.81. The van der Waals surface area contributed by atoms with E-state index in [0.29, 0.717) is 13.2 Å². The van der Waals surface area contributed by atoms with Crippen molar-refractivity contribution in [2.24, 2.45) is 0 Å². The smallest absolute Gasteiger partial charge is 0.122 e. The molecule has 0 saturated heterocycles. The lowest BCUT2D eigenvalue weighted by molar-refractivity contribution is 0.340. The number of nitrogens with zero attached hydrogens (tertiary/aromatic N) is 1. The van der Waals surface area contributed by atoms with E-state index in [-0.39, 0.29) is 6.04 Å². The molecular formula is C13H14N2O. The molecule has 0 aliphatic heterocycles. The van der Waals surface area contributed by atoms with Crippen LogP contribution in [0.15, 0.2) is 24.3 Å². The number of hydrogen-bond donors (Lipinski definition) is 1. The molecule has 3 nitrogen and oxygen atoms in total. The third-order valence-electron chi connectivity index (χ3n) is 2.06. The van der Waals surface area contributed by atoms with E-state index in [4.69, 9.17) is 16.4 Å². The van der Waals surface area contributed by atoms with Crippen LogP contribution >= 0.6 is 0 Å². The molecule has 1 N–H and O–H groups in total. The summed E-state index contributed by atoms with van der Waals surface area (Å²) in [4.78, 5) is 0. The normalized spacial score (nSPS) is 11.2. The summed E-state index contributed by atoms with van der Waals surface area (Å²) in [6, 6.07) is 9.21. The van der Waals surface area contributed by atoms with Crippen molar-refractivity contribution in [3.63, 3.8) is 0 Å². The second kappa shape index (κ2) is 6.50. The molecule has 16 heavy (non-hydrogen) atoms. The number of hydrogen-bond acceptors (Lipinski definition) is 3. The molecule has 0 heterocycles. The molecule has 0 aromatic heterocycles. The van der Waals surface area contributed by atoms with E-state index in [1.54, 1.807) is 0 Å². The van der Waals surface area contributed by atoms with Gasteiger partial charge in [-0.1, -0.05) is 18.1 Å². The number of nitrogens with one attached hydrogen (secondary N) is 1. The van der Waals surface area contributed by atoms with Crippen LogP contribution in [0.25, 0.3) is 0 Å². The van der Waals surface area contributed by atoms with E-state index in [1.807, 2.05) is 31.2 Å². The van der Waals surface area contributed by atoms with Crippen molar-refractivity contribution < 1.29 is 4.74 Å². The minimum Gasteiger partial charge on any atom is -0.494 e. The highest BCUT2D eigenvalue weighted by molar-refractivity contribution is 5.31. The van der Waals surface area contributed by atoms with Gasteiger partial charge in [-0.15, -0.1) is 6.42 Å². The van der Waals surface area contributed by atoms with Crippen molar-refractivity contribution in [3.05, 3.63) is 29.8 Å². The van der Waals surface area contributed by atoms with Gasteiger partial charge in [-0.05, 0) is 24.6 Å². The largest absolute Gasteiger partial charge is 0.494 e. The molecule has 1 rings (SSSR count). The Morgan fingerprint density at radius 1 is 1.44 bits per heavy atom. The van der Waals surface area contributed by atoms with Crippen LogP contribution in [0.1, 0.15) is 18.5 Å². The van der Waals surface area contributed by atoms with Crippen LogP contribution in [0.3, 0.4) is 0 Å². The summed E-state index contributed by atoms with van der Waals surface area (Å²) < 4.78 is 5.32. The zero-order valence-corrected chi connectivity index (χ0v) is 9.23. The first-order valence-electron chi connectivity index (χ1n) is 5.11. The van der Waals surface area contributed by atoms with E-state index in [2.05, 4.69) is 17.3 Å². The molecule has 0 aliphatic rings. The zero-order valence-electron chi connectivity index (χ0n) is 9.23. The fourth-order valence-corrected chi connectivity index (χ4v) is 1.32. The fourth-order valence-electron chi connectivity index (χ4n) is 1.32. The predicted octanol–water partition coefficient (Wildman–Crippen LogP) is 1.87. The topological polar surface area (TPSA) is 45.0 Å². The van der Waals surface area contributed by atoms with E-state index in [9.17, 15) is 0 Å². The third-order valence-corrected chi connectivity index (χ3v) is 2.06. The maximum atomic E-state index is 8.97. The van der Waals surface area contributed by atoms with Crippen LogP contribution in [0.5, 0.6) is 5.75 Å². The van der Waals surface area contributed by atoms with E-state index in [1.165, 1.54) is 0 Å². The summed E-state index contributed by atoms with van der Waals surface area (Å²) in [7, 11) is 0. The summed E-state index contributed by atoms with van der Waals surface area (Å²) in [6.07, 6.45) is 5.13. The van der Waals surface area contributed by atoms with E-state index < -0.39 is 0 Å². The quantitative estimate of drug-likeness (QED) is 0.761. The Hall–Kier alpha value is -1.97. The first-order valence-corrected chi connectivity index (χ1v) is 5.11. The molecule has 3 heteroatoms. The molecule has 1 unspecified atom stereocenters. The Morgan fingerprint density at radius 3 is 2.62 bits per heavy atom. The van der Waals surface area contributed by atoms with Crippen molar-refractivity contribution in [1.29, 1.82) is 5.26 Å². The molecule has 0 aliphatic carbocycles. The standard InChI is InChI=1S/C13H14N2O/c1-3-9-15-13(10-14)11-5-7-12(8-6-11)16-4-2/h1,5-8,13,15H,4,9H2,2H3. The van der Waals surface area contributed by atoms with Crippen molar-refractivity contribution in [2.45, 2.75) is 13.0 Å². The molecule has 1 aromatic rings. The second-order valence-electron chi connectivity index (χ2n) is 3.15. The second-order valence-corrected chi connectivity index (χ2v) is 3.15. The Morgan fingerprint density at radius 2 is 2.12 bits per heavy atom. The van der Waals surface area contributed by atoms with E-state index >= 15 is 0 Å². The van der Waals surface area contributed by atoms with Gasteiger partial charge in [0.15, 0.2) is 0 Å². The summed E-state index contributed by atoms with van der Waals surface area (Å²) in [5, 5.41) is 11.9. The van der Waals surface area contributed by atoms with Crippen LogP contribution in [0.2, 0.25) is 0 Å². The van der Waals surface area contributed by atoms with Crippen LogP contribution in [0, 0.1) is 23.7 Å². The maximum Gasteiger partial charge on any atom is 0.122 e. The van der Waals surface area contributed by atoms with Gasteiger partial charge in [0.25, 0.3) is 0 Å². The Labute approximate surface area is 96.0 Å². The number of nitriles is 1. The predicted molar refractivity (Wildman–Crippen MR) is 62.8 cm³/mol. The fraction of sp³-hybridized carbons (Fsp3) is 0.308. The highest BCUT2D eigenvalue weighted by Gasteiger charge is 2.08. The molecule has 0 bridgehead atoms. The lowest BCUT2D eigenvalue weighted by Crippen LogP contribution is -2.19. The van der Waals surface area contributed by atoms with Crippen molar-refractivity contribution in [2.75, 3.05) is 13.2 Å². The van der Waals surface area contributed by atoms with Gasteiger partial charge in [0.05, 0.1) is 19.2 Å². The molecule has 0 radical (unpaired) electrons. The van der Waals surface area contributed by atoms with Crippen molar-refractivity contribution >= 4 is 0 Å². The van der Waals surface area contributed by atoms with Gasteiger partial charge in [-0.2, -0.15) is 5.26 Å². The van der Waals surface area contributed by atoms with Crippen LogP contribution in [-0.4, -0.2) is 13.2 Å². The van der Waals surface area contributed by atoms with Crippen molar-refractivity contribution in [1.82, 2.24) is 5.32 Å². The molecule has 1 atom stereocenters. The number of rotatable bonds is 5. The van der Waals surface area contributed by atoms with Gasteiger partial charge in [0, 0.05) is 0 Å². The Balaban J connectivity index is 2.72. The summed E-state index contributed by atoms with van der Waals surface area (Å²) in [5.41, 5.74) is 0.890. The van der Waals surface area contributed by atoms with Crippen LogP contribution in [-0.2, 0) is 0 Å². The van der Waals surface area contributed by atoms with Gasteiger partial charge < -0.3 is 4.74 Å². The average Bonchev–Trinajstić information content (AvgIpc) is 2.32. The molecule has 82 valence electrons. The van der Waals surface area contributed by atoms with Crippen LogP contribution in [0.4, 0.5) is 0 Å². The molecule has 1 aromatic carbocycles. The summed E-state index contributed by atoms with van der Waals surface area (Å²) >= 11 is 0. The monoisotopic (exact) mass is 214 g/mol. The summed E-state index contributed by atoms with van der Waals surface area (Å²) in [5.74, 6) is 3.25. The number of terminal acetylenes is 1. The highest BCUT2D eigenvalue weighted by atomic mass is 16.5. The third kappa shape index (κ3) is 3.31. The average molecular weight is 214 g/mol. The van der Waals surface area contributed by atoms with Crippen LogP contribution < -0.4 is 10.1 Å². The zero-order chi connectivity index (χ0) is 11.8. The van der Waals surface area contributed by atoms with Crippen molar-refractivity contribution in [3.8, 4) is 24.2 Å². The summed E-state index contributed by atoms with van der Waals surface area (Å²) in [6.45, 7) is 2.95. The molecule has 0 fully saturated rings. The lowest BCUT2D eigenvalue weighted by Gasteiger charge is -2.10. The van der Waals surface area contributed by atoms with Gasteiger partial charge in [0.2, 0.25) is 0 Å². The van der Waals surface area contributed by atoms with Gasteiger partial charge >= 0.3 is 0 Å². The molecule has 0 saturated carbocycles. The lowest BCUT2D eigenvalue weighted by atomic mass is 10.1. The van der Waals surface area contributed by atoms with Gasteiger partial charge in [-0.3, -0.25) is 5.32 Å². The number of benzene rings is 1. The minimum atomic E-state index is -0.369.